The molecule has 2 bridgehead atoms. The van der Waals surface area contributed by atoms with Crippen molar-refractivity contribution in [1.82, 2.24) is 0 Å². The van der Waals surface area contributed by atoms with Crippen LogP contribution in [0.1, 0.15) is 31.9 Å². The van der Waals surface area contributed by atoms with Crippen LogP contribution in [0.25, 0.3) is 0 Å². The molecule has 5 atom stereocenters. The first-order valence-electron chi connectivity index (χ1n) is 9.78. The van der Waals surface area contributed by atoms with Crippen molar-refractivity contribution < 1.29 is 42.8 Å². The maximum Gasteiger partial charge on any atom is 0.303 e. The number of hydrogen-bond donors (Lipinski definition) is 0. The quantitative estimate of drug-likeness (QED) is 0.296. The Kier molecular flexibility index (Phi) is 7.51. The van der Waals surface area contributed by atoms with Gasteiger partial charge in [-0.1, -0.05) is 33.6 Å². The highest BCUT2D eigenvalue weighted by Crippen LogP contribution is 2.52. The molecule has 0 saturated carbocycles. The Morgan fingerprint density at radius 1 is 1.12 bits per heavy atom. The van der Waals surface area contributed by atoms with E-state index in [9.17, 15) is 14.4 Å². The minimum atomic E-state index is -1.66. The molecule has 9 nitrogen and oxygen atoms in total. The molecule has 11 heteroatoms. The molecule has 0 aliphatic carbocycles. The van der Waals surface area contributed by atoms with Crippen LogP contribution in [0.15, 0.2) is 18.2 Å². The fourth-order valence-corrected chi connectivity index (χ4v) is 4.92. The molecule has 0 amide bonds. The van der Waals surface area contributed by atoms with Crippen LogP contribution in [0.2, 0.25) is 5.02 Å². The van der Waals surface area contributed by atoms with E-state index in [2.05, 4.69) is 15.9 Å². The summed E-state index contributed by atoms with van der Waals surface area (Å²) in [6.45, 7) is 3.40. The lowest BCUT2D eigenvalue weighted by molar-refractivity contribution is -0.335. The summed E-state index contributed by atoms with van der Waals surface area (Å²) in [6.07, 6.45) is -3.30. The number of hydrogen-bond acceptors (Lipinski definition) is 9. The van der Waals surface area contributed by atoms with Crippen molar-refractivity contribution >= 4 is 45.4 Å². The predicted molar refractivity (Wildman–Crippen MR) is 114 cm³/mol. The van der Waals surface area contributed by atoms with Crippen molar-refractivity contribution in [1.29, 1.82) is 0 Å². The van der Waals surface area contributed by atoms with Crippen molar-refractivity contribution in [3.05, 3.63) is 34.3 Å². The first-order valence-corrected chi connectivity index (χ1v) is 11.3. The van der Waals surface area contributed by atoms with Gasteiger partial charge in [0.2, 0.25) is 5.79 Å². The van der Waals surface area contributed by atoms with Crippen molar-refractivity contribution in [2.24, 2.45) is 0 Å². The van der Waals surface area contributed by atoms with E-state index in [0.717, 1.165) is 5.56 Å². The number of halogens is 2. The zero-order valence-corrected chi connectivity index (χ0v) is 20.4. The third kappa shape index (κ3) is 4.51. The highest BCUT2D eigenvalue weighted by atomic mass is 79.9. The van der Waals surface area contributed by atoms with Crippen molar-refractivity contribution in [3.8, 4) is 0 Å². The Balaban J connectivity index is 2.19. The summed E-state index contributed by atoms with van der Waals surface area (Å²) in [5.41, 5.74) is -0.104. The monoisotopic (exact) mass is 534 g/mol. The molecule has 0 N–H and O–H groups in total. The van der Waals surface area contributed by atoms with E-state index in [1.165, 1.54) is 27.9 Å². The fraction of sp³-hybridized carbons (Fsp3) is 0.571. The molecule has 0 aromatic heterocycles. The average molecular weight is 536 g/mol. The third-order valence-corrected chi connectivity index (χ3v) is 6.31. The van der Waals surface area contributed by atoms with Gasteiger partial charge < -0.3 is 28.4 Å². The Hall–Kier alpha value is -1.72. The molecular weight excluding hydrogens is 512 g/mol. The maximum atomic E-state index is 12.0. The van der Waals surface area contributed by atoms with E-state index in [-0.39, 0.29) is 13.2 Å². The second-order valence-corrected chi connectivity index (χ2v) is 8.57. The Bertz CT molecular complexity index is 909. The van der Waals surface area contributed by atoms with Crippen molar-refractivity contribution in [2.75, 3.05) is 20.3 Å². The Morgan fingerprint density at radius 3 is 2.38 bits per heavy atom. The van der Waals surface area contributed by atoms with E-state index in [0.29, 0.717) is 15.9 Å². The molecule has 2 aliphatic heterocycles. The van der Waals surface area contributed by atoms with Crippen LogP contribution in [-0.4, -0.2) is 62.1 Å². The summed E-state index contributed by atoms with van der Waals surface area (Å²) < 4.78 is 34.6. The summed E-state index contributed by atoms with van der Waals surface area (Å²) in [7, 11) is 1.39. The van der Waals surface area contributed by atoms with Gasteiger partial charge in [0, 0.05) is 43.8 Å². The minimum Gasteiger partial charge on any atom is -0.463 e. The zero-order valence-electron chi connectivity index (χ0n) is 18.0. The van der Waals surface area contributed by atoms with Crippen LogP contribution in [0.5, 0.6) is 0 Å². The van der Waals surface area contributed by atoms with Crippen LogP contribution in [-0.2, 0) is 53.9 Å². The van der Waals surface area contributed by atoms with E-state index >= 15 is 0 Å². The van der Waals surface area contributed by atoms with E-state index in [4.69, 9.17) is 40.0 Å². The third-order valence-electron chi connectivity index (χ3n) is 5.34. The summed E-state index contributed by atoms with van der Waals surface area (Å²) in [4.78, 5) is 35.6. The van der Waals surface area contributed by atoms with Crippen LogP contribution in [0.4, 0.5) is 0 Å². The first-order chi connectivity index (χ1) is 15.1. The molecule has 2 aliphatic rings. The van der Waals surface area contributed by atoms with Gasteiger partial charge in [-0.15, -0.1) is 0 Å². The molecule has 0 unspecified atom stereocenters. The van der Waals surface area contributed by atoms with Gasteiger partial charge in [-0.05, 0) is 17.7 Å². The molecule has 32 heavy (non-hydrogen) atoms. The lowest BCUT2D eigenvalue weighted by Gasteiger charge is -2.49. The topological polar surface area (TPSA) is 107 Å². The maximum absolute atomic E-state index is 12.0. The van der Waals surface area contributed by atoms with E-state index in [1.54, 1.807) is 18.2 Å². The van der Waals surface area contributed by atoms with Gasteiger partial charge in [-0.25, -0.2) is 0 Å². The summed E-state index contributed by atoms with van der Waals surface area (Å²) in [6, 6.07) is 5.08. The molecule has 0 spiro atoms. The molecule has 2 fully saturated rings. The molecule has 3 rings (SSSR count). The standard InChI is InChI=1S/C21H24BrClO9/c1-11(24)28-9-20-10-29-21(32-20,15-5-6-16(23)14(7-15)8-22)19(31-13(3)26)17(18(20)27-4)30-12(2)25/h5-7,17-19H,8-10H2,1-4H3/t17-,18-,19+,20-,21-/m0/s1. The van der Waals surface area contributed by atoms with Crippen molar-refractivity contribution in [3.63, 3.8) is 0 Å². The predicted octanol–water partition coefficient (Wildman–Crippen LogP) is 2.63. The second-order valence-electron chi connectivity index (χ2n) is 7.60. The lowest BCUT2D eigenvalue weighted by Crippen LogP contribution is -2.68. The summed E-state index contributed by atoms with van der Waals surface area (Å²) >= 11 is 9.66. The van der Waals surface area contributed by atoms with E-state index < -0.39 is 47.6 Å². The molecule has 2 heterocycles. The normalized spacial score (nSPS) is 31.1. The van der Waals surface area contributed by atoms with Gasteiger partial charge in [-0.2, -0.15) is 0 Å². The smallest absolute Gasteiger partial charge is 0.303 e. The number of fused-ring (bicyclic) bond motifs is 2. The van der Waals surface area contributed by atoms with Gasteiger partial charge in [-0.3, -0.25) is 14.4 Å². The first kappa shape index (κ1) is 24.9. The number of ether oxygens (including phenoxy) is 6. The number of carbonyl (C=O) groups excluding carboxylic acids is 3. The van der Waals surface area contributed by atoms with Gasteiger partial charge in [0.15, 0.2) is 17.8 Å². The van der Waals surface area contributed by atoms with Crippen LogP contribution < -0.4 is 0 Å². The molecule has 176 valence electrons. The van der Waals surface area contributed by atoms with Crippen LogP contribution in [0, 0.1) is 0 Å². The SMILES string of the molecule is CO[C@H]1[C@H](OC(C)=O)[C@@H](OC(C)=O)[C@@]2(c3ccc(Cl)c(CBr)c3)OC[C@]1(COC(C)=O)O2. The number of alkyl halides is 1. The van der Waals surface area contributed by atoms with Crippen LogP contribution >= 0.6 is 27.5 Å². The average Bonchev–Trinajstić information content (AvgIpc) is 3.08. The number of carbonyl (C=O) groups is 3. The minimum absolute atomic E-state index is 0.0827. The molecule has 2 saturated heterocycles. The van der Waals surface area contributed by atoms with Gasteiger partial charge in [0.25, 0.3) is 0 Å². The highest BCUT2D eigenvalue weighted by molar-refractivity contribution is 9.08. The molecule has 0 radical (unpaired) electrons. The Morgan fingerprint density at radius 2 is 1.81 bits per heavy atom. The highest BCUT2D eigenvalue weighted by Gasteiger charge is 2.71. The molecular formula is C21H24BrClO9. The number of rotatable bonds is 7. The largest absolute Gasteiger partial charge is 0.463 e. The summed E-state index contributed by atoms with van der Waals surface area (Å²) in [5, 5.41) is 0.957. The fourth-order valence-electron chi connectivity index (χ4n) is 4.11. The van der Waals surface area contributed by atoms with Gasteiger partial charge >= 0.3 is 17.9 Å². The Labute approximate surface area is 198 Å². The zero-order chi connectivity index (χ0) is 23.7. The van der Waals surface area contributed by atoms with Crippen LogP contribution in [0.3, 0.4) is 0 Å². The van der Waals surface area contributed by atoms with Gasteiger partial charge in [0.1, 0.15) is 12.7 Å². The number of benzene rings is 1. The van der Waals surface area contributed by atoms with Crippen molar-refractivity contribution in [2.45, 2.75) is 55.8 Å². The summed E-state index contributed by atoms with van der Waals surface area (Å²) in [5.74, 6) is -3.45. The molecule has 1 aromatic carbocycles. The molecule has 1 aromatic rings. The van der Waals surface area contributed by atoms with E-state index in [1.807, 2.05) is 0 Å². The lowest BCUT2D eigenvalue weighted by atomic mass is 9.83. The second kappa shape index (κ2) is 9.64. The van der Waals surface area contributed by atoms with Gasteiger partial charge in [0.05, 0.1) is 6.61 Å². The number of esters is 3. The number of methoxy groups -OCH3 is 1.